The third kappa shape index (κ3) is 8.21. The first-order valence-electron chi connectivity index (χ1n) is 8.46. The molecule has 2 aromatic carbocycles. The highest BCUT2D eigenvalue weighted by Crippen LogP contribution is 2.21. The number of hydrogen-bond donors (Lipinski definition) is 2. The lowest BCUT2D eigenvalue weighted by molar-refractivity contribution is 0.0600. The van der Waals surface area contributed by atoms with Crippen LogP contribution >= 0.6 is 35.7 Å². The van der Waals surface area contributed by atoms with Crippen molar-refractivity contribution in [1.29, 1.82) is 0 Å². The number of benzene rings is 2. The van der Waals surface area contributed by atoms with Crippen LogP contribution in [0.3, 0.4) is 0 Å². The number of hydrogen-bond acceptors (Lipinski definition) is 4. The van der Waals surface area contributed by atoms with Crippen molar-refractivity contribution in [3.8, 4) is 0 Å². The van der Waals surface area contributed by atoms with Crippen LogP contribution in [0.2, 0.25) is 0 Å². The number of nitrogens with one attached hydrogen (secondary N) is 2. The first-order chi connectivity index (χ1) is 12.6. The molecule has 2 rings (SSSR count). The van der Waals surface area contributed by atoms with Crippen molar-refractivity contribution in [2.75, 3.05) is 20.7 Å². The average Bonchev–Trinajstić information content (AvgIpc) is 2.68. The molecule has 1 unspecified atom stereocenters. The molecule has 0 amide bonds. The summed E-state index contributed by atoms with van der Waals surface area (Å²) in [7, 11) is 3.13. The van der Waals surface area contributed by atoms with Gasteiger partial charge in [0, 0.05) is 30.3 Å². The Morgan fingerprint density at radius 2 is 1.78 bits per heavy atom. The van der Waals surface area contributed by atoms with Crippen molar-refractivity contribution in [1.82, 2.24) is 10.6 Å². The van der Waals surface area contributed by atoms with Crippen LogP contribution in [0.4, 0.5) is 0 Å². The van der Waals surface area contributed by atoms with Gasteiger partial charge in [0.1, 0.15) is 0 Å². The Balaban J connectivity index is 0.00000364. The Morgan fingerprint density at radius 1 is 1.11 bits per heavy atom. The first-order valence-corrected chi connectivity index (χ1v) is 9.34. The van der Waals surface area contributed by atoms with E-state index >= 15 is 0 Å². The maximum atomic E-state index is 11.4. The van der Waals surface area contributed by atoms with E-state index in [1.165, 1.54) is 12.0 Å². The standard InChI is InChI=1S/C20H25N3O2S.HI/c1-15(26-18-7-5-4-6-8-18)13-22-20(21-2)23-14-16-9-11-17(12-10-16)19(24)25-3;/h4-12,15H,13-14H2,1-3H3,(H2,21,22,23);1H. The maximum absolute atomic E-state index is 11.4. The molecule has 5 nitrogen and oxygen atoms in total. The van der Waals surface area contributed by atoms with Crippen LogP contribution < -0.4 is 10.6 Å². The van der Waals surface area contributed by atoms with Crippen molar-refractivity contribution in [3.05, 3.63) is 65.7 Å². The summed E-state index contributed by atoms with van der Waals surface area (Å²) in [4.78, 5) is 17.0. The minimum Gasteiger partial charge on any atom is -0.465 e. The molecule has 7 heteroatoms. The van der Waals surface area contributed by atoms with Gasteiger partial charge in [-0.2, -0.15) is 0 Å². The minimum absolute atomic E-state index is 0. The van der Waals surface area contributed by atoms with Gasteiger partial charge in [-0.05, 0) is 29.8 Å². The van der Waals surface area contributed by atoms with Gasteiger partial charge >= 0.3 is 5.97 Å². The number of methoxy groups -OCH3 is 1. The molecule has 0 bridgehead atoms. The Morgan fingerprint density at radius 3 is 2.37 bits per heavy atom. The lowest BCUT2D eigenvalue weighted by atomic mass is 10.1. The fourth-order valence-electron chi connectivity index (χ4n) is 2.30. The lowest BCUT2D eigenvalue weighted by Crippen LogP contribution is -2.39. The maximum Gasteiger partial charge on any atom is 0.337 e. The van der Waals surface area contributed by atoms with Gasteiger partial charge in [-0.15, -0.1) is 35.7 Å². The van der Waals surface area contributed by atoms with Gasteiger partial charge in [0.15, 0.2) is 5.96 Å². The number of carbonyl (C=O) groups is 1. The van der Waals surface area contributed by atoms with Crippen LogP contribution in [-0.4, -0.2) is 37.9 Å². The molecule has 0 aliphatic carbocycles. The van der Waals surface area contributed by atoms with Gasteiger partial charge in [-0.25, -0.2) is 4.79 Å². The van der Waals surface area contributed by atoms with Crippen LogP contribution in [0.15, 0.2) is 64.5 Å². The van der Waals surface area contributed by atoms with Crippen molar-refractivity contribution in [2.45, 2.75) is 23.6 Å². The van der Waals surface area contributed by atoms with E-state index in [1.807, 2.05) is 30.0 Å². The molecule has 0 heterocycles. The normalized spacial score (nSPS) is 11.9. The molecule has 0 saturated carbocycles. The SMILES string of the molecule is CN=C(NCc1ccc(C(=O)OC)cc1)NCC(C)Sc1ccccc1.I. The number of nitrogens with zero attached hydrogens (tertiary/aromatic N) is 1. The summed E-state index contributed by atoms with van der Waals surface area (Å²) in [6.45, 7) is 3.62. The van der Waals surface area contributed by atoms with Crippen LogP contribution in [0.1, 0.15) is 22.8 Å². The summed E-state index contributed by atoms with van der Waals surface area (Å²) >= 11 is 1.83. The molecule has 0 radical (unpaired) electrons. The molecular weight excluding hydrogens is 473 g/mol. The van der Waals surface area contributed by atoms with E-state index in [0.29, 0.717) is 17.4 Å². The predicted molar refractivity (Wildman–Crippen MR) is 123 cm³/mol. The zero-order chi connectivity index (χ0) is 18.8. The molecule has 0 aromatic heterocycles. The van der Waals surface area contributed by atoms with E-state index in [-0.39, 0.29) is 29.9 Å². The van der Waals surface area contributed by atoms with Gasteiger partial charge in [-0.3, -0.25) is 4.99 Å². The van der Waals surface area contributed by atoms with E-state index in [1.54, 1.807) is 19.2 Å². The summed E-state index contributed by atoms with van der Waals surface area (Å²) in [6, 6.07) is 17.7. The number of carbonyl (C=O) groups excluding carboxylic acids is 1. The number of aliphatic imine (C=N–C) groups is 1. The highest BCUT2D eigenvalue weighted by molar-refractivity contribution is 14.0. The van der Waals surface area contributed by atoms with E-state index in [2.05, 4.69) is 46.8 Å². The second kappa shape index (κ2) is 12.6. The molecule has 0 aliphatic rings. The number of rotatable bonds is 7. The van der Waals surface area contributed by atoms with Gasteiger partial charge in [0.25, 0.3) is 0 Å². The molecule has 0 aliphatic heterocycles. The monoisotopic (exact) mass is 499 g/mol. The third-order valence-corrected chi connectivity index (χ3v) is 4.81. The van der Waals surface area contributed by atoms with Gasteiger partial charge in [0.2, 0.25) is 0 Å². The van der Waals surface area contributed by atoms with Crippen molar-refractivity contribution >= 4 is 47.7 Å². The summed E-state index contributed by atoms with van der Waals surface area (Å²) in [6.07, 6.45) is 0. The Kier molecular flexibility index (Phi) is 10.9. The van der Waals surface area contributed by atoms with Crippen molar-refractivity contribution < 1.29 is 9.53 Å². The molecule has 1 atom stereocenters. The summed E-state index contributed by atoms with van der Waals surface area (Å²) in [5.74, 6) is 0.425. The topological polar surface area (TPSA) is 62.7 Å². The zero-order valence-electron chi connectivity index (χ0n) is 15.8. The second-order valence-corrected chi connectivity index (χ2v) is 7.25. The molecule has 27 heavy (non-hydrogen) atoms. The Bertz CT molecular complexity index is 724. The number of guanidine groups is 1. The summed E-state index contributed by atoms with van der Waals surface area (Å²) < 4.78 is 4.70. The fraction of sp³-hybridized carbons (Fsp3) is 0.300. The van der Waals surface area contributed by atoms with Crippen molar-refractivity contribution in [3.63, 3.8) is 0 Å². The Labute approximate surface area is 182 Å². The van der Waals surface area contributed by atoms with Gasteiger partial charge in [-0.1, -0.05) is 37.3 Å². The molecule has 2 aromatic rings. The second-order valence-electron chi connectivity index (χ2n) is 5.74. The number of ether oxygens (including phenoxy) is 1. The molecule has 0 saturated heterocycles. The number of halogens is 1. The molecular formula is C20H26IN3O2S. The van der Waals surface area contributed by atoms with Crippen LogP contribution in [0, 0.1) is 0 Å². The van der Waals surface area contributed by atoms with Crippen molar-refractivity contribution in [2.24, 2.45) is 4.99 Å². The summed E-state index contributed by atoms with van der Waals surface area (Å²) in [5.41, 5.74) is 1.61. The molecule has 2 N–H and O–H groups in total. The van der Waals surface area contributed by atoms with Gasteiger partial charge < -0.3 is 15.4 Å². The molecule has 0 spiro atoms. The lowest BCUT2D eigenvalue weighted by Gasteiger charge is -2.16. The van der Waals surface area contributed by atoms with E-state index in [0.717, 1.165) is 18.1 Å². The largest absolute Gasteiger partial charge is 0.465 e. The molecule has 146 valence electrons. The Hall–Kier alpha value is -1.74. The van der Waals surface area contributed by atoms with Crippen LogP contribution in [-0.2, 0) is 11.3 Å². The first kappa shape index (κ1) is 23.3. The third-order valence-electron chi connectivity index (χ3n) is 3.70. The average molecular weight is 499 g/mol. The minimum atomic E-state index is -0.327. The van der Waals surface area contributed by atoms with Crippen LogP contribution in [0.25, 0.3) is 0 Å². The van der Waals surface area contributed by atoms with Gasteiger partial charge in [0.05, 0.1) is 12.7 Å². The highest BCUT2D eigenvalue weighted by atomic mass is 127. The highest BCUT2D eigenvalue weighted by Gasteiger charge is 2.07. The smallest absolute Gasteiger partial charge is 0.337 e. The van der Waals surface area contributed by atoms with Crippen LogP contribution in [0.5, 0.6) is 0 Å². The van der Waals surface area contributed by atoms with E-state index in [4.69, 9.17) is 4.74 Å². The van der Waals surface area contributed by atoms with E-state index < -0.39 is 0 Å². The van der Waals surface area contributed by atoms with E-state index in [9.17, 15) is 4.79 Å². The zero-order valence-corrected chi connectivity index (χ0v) is 18.9. The quantitative estimate of drug-likeness (QED) is 0.199. The number of thioether (sulfide) groups is 1. The fourth-order valence-corrected chi connectivity index (χ4v) is 3.24. The predicted octanol–water partition coefficient (Wildman–Crippen LogP) is 3.94. The number of esters is 1. The summed E-state index contributed by atoms with van der Waals surface area (Å²) in [5, 5.41) is 7.04. The molecule has 0 fully saturated rings.